The molecule has 1 aromatic heterocycles. The van der Waals surface area contributed by atoms with E-state index in [0.717, 1.165) is 11.6 Å². The molecule has 0 fully saturated rings. The Balaban J connectivity index is 1.76. The lowest BCUT2D eigenvalue weighted by molar-refractivity contribution is -0.386. The number of hydrogen-bond acceptors (Lipinski definition) is 7. The van der Waals surface area contributed by atoms with E-state index in [1.165, 1.54) is 19.2 Å². The summed E-state index contributed by atoms with van der Waals surface area (Å²) in [4.78, 5) is 26.2. The molecular formula is C18H14N2O6. The number of oxazole rings is 1. The number of carbonyl (C=O) groups excluding carboxylic acids is 1. The lowest BCUT2D eigenvalue weighted by Gasteiger charge is -2.06. The molecule has 0 spiro atoms. The van der Waals surface area contributed by atoms with Crippen LogP contribution in [-0.2, 0) is 11.3 Å². The van der Waals surface area contributed by atoms with Crippen molar-refractivity contribution < 1.29 is 23.6 Å². The molecule has 2 aromatic carbocycles. The molecule has 0 unspecified atom stereocenters. The smallest absolute Gasteiger partial charge is 0.338 e. The first kappa shape index (κ1) is 17.2. The van der Waals surface area contributed by atoms with Gasteiger partial charge in [0, 0.05) is 11.6 Å². The quantitative estimate of drug-likeness (QED) is 0.378. The highest BCUT2D eigenvalue weighted by molar-refractivity contribution is 5.90. The summed E-state index contributed by atoms with van der Waals surface area (Å²) in [6, 6.07) is 13.2. The number of carbonyl (C=O) groups is 1. The maximum absolute atomic E-state index is 11.5. The van der Waals surface area contributed by atoms with Gasteiger partial charge in [0.15, 0.2) is 18.1 Å². The van der Waals surface area contributed by atoms with Gasteiger partial charge in [-0.2, -0.15) is 0 Å². The van der Waals surface area contributed by atoms with Gasteiger partial charge in [-0.25, -0.2) is 9.78 Å². The highest BCUT2D eigenvalue weighted by Gasteiger charge is 2.20. The summed E-state index contributed by atoms with van der Waals surface area (Å²) in [7, 11) is 1.20. The Morgan fingerprint density at radius 3 is 2.69 bits per heavy atom. The van der Waals surface area contributed by atoms with Crippen LogP contribution in [0.2, 0.25) is 0 Å². The van der Waals surface area contributed by atoms with Gasteiger partial charge in [-0.05, 0) is 12.1 Å². The van der Waals surface area contributed by atoms with Crippen molar-refractivity contribution in [3.8, 4) is 17.1 Å². The predicted octanol–water partition coefficient (Wildman–Crippen LogP) is 3.62. The van der Waals surface area contributed by atoms with Crippen LogP contribution in [0.4, 0.5) is 5.69 Å². The van der Waals surface area contributed by atoms with Gasteiger partial charge in [-0.3, -0.25) is 10.1 Å². The van der Waals surface area contributed by atoms with Crippen molar-refractivity contribution in [2.75, 3.05) is 7.11 Å². The fraction of sp³-hybridized carbons (Fsp3) is 0.111. The first-order chi connectivity index (χ1) is 12.6. The summed E-state index contributed by atoms with van der Waals surface area (Å²) < 4.78 is 15.6. The predicted molar refractivity (Wildman–Crippen MR) is 90.7 cm³/mol. The number of rotatable bonds is 6. The van der Waals surface area contributed by atoms with E-state index in [2.05, 4.69) is 9.72 Å². The van der Waals surface area contributed by atoms with Crippen LogP contribution in [-0.4, -0.2) is 23.0 Å². The Hall–Kier alpha value is -3.68. The highest BCUT2D eigenvalue weighted by Crippen LogP contribution is 2.29. The van der Waals surface area contributed by atoms with Crippen LogP contribution in [0, 0.1) is 10.1 Å². The zero-order valence-electron chi connectivity index (χ0n) is 13.7. The standard InChI is InChI=1S/C18H14N2O6/c1-24-18(21)13-7-8-15(14(9-13)20(22)23)25-11-17-19-10-16(26-17)12-5-3-2-4-6-12/h2-10H,11H2,1H3. The Morgan fingerprint density at radius 2 is 2.00 bits per heavy atom. The van der Waals surface area contributed by atoms with Gasteiger partial charge in [0.25, 0.3) is 0 Å². The molecule has 0 aliphatic carbocycles. The molecule has 0 atom stereocenters. The molecule has 0 bridgehead atoms. The number of nitro benzene ring substituents is 1. The molecular weight excluding hydrogens is 340 g/mol. The molecule has 0 N–H and O–H groups in total. The van der Waals surface area contributed by atoms with Crippen LogP contribution in [0.1, 0.15) is 16.2 Å². The minimum atomic E-state index is -0.667. The average Bonchev–Trinajstić information content (AvgIpc) is 3.15. The molecule has 3 aromatic rings. The van der Waals surface area contributed by atoms with Gasteiger partial charge >= 0.3 is 11.7 Å². The van der Waals surface area contributed by atoms with Crippen LogP contribution in [0.15, 0.2) is 59.1 Å². The maximum atomic E-state index is 11.5. The van der Waals surface area contributed by atoms with Gasteiger partial charge in [0.05, 0.1) is 23.8 Å². The monoisotopic (exact) mass is 354 g/mol. The Morgan fingerprint density at radius 1 is 1.23 bits per heavy atom. The van der Waals surface area contributed by atoms with Crippen LogP contribution in [0.3, 0.4) is 0 Å². The zero-order chi connectivity index (χ0) is 18.5. The largest absolute Gasteiger partial charge is 0.477 e. The summed E-state index contributed by atoms with van der Waals surface area (Å²) in [5, 5.41) is 11.2. The van der Waals surface area contributed by atoms with Crippen LogP contribution in [0.25, 0.3) is 11.3 Å². The Kier molecular flexibility index (Phi) is 4.93. The molecule has 0 radical (unpaired) electrons. The second kappa shape index (κ2) is 7.47. The number of aromatic nitrogens is 1. The number of nitrogens with zero attached hydrogens (tertiary/aromatic N) is 2. The van der Waals surface area contributed by atoms with E-state index in [1.807, 2.05) is 30.3 Å². The highest BCUT2D eigenvalue weighted by atomic mass is 16.6. The maximum Gasteiger partial charge on any atom is 0.338 e. The topological polar surface area (TPSA) is 105 Å². The first-order valence-corrected chi connectivity index (χ1v) is 7.58. The van der Waals surface area contributed by atoms with E-state index in [1.54, 1.807) is 6.20 Å². The third kappa shape index (κ3) is 3.69. The van der Waals surface area contributed by atoms with E-state index in [9.17, 15) is 14.9 Å². The number of methoxy groups -OCH3 is 1. The SMILES string of the molecule is COC(=O)c1ccc(OCc2ncc(-c3ccccc3)o2)c([N+](=O)[O-])c1. The van der Waals surface area contributed by atoms with Crippen molar-refractivity contribution in [3.05, 3.63) is 76.3 Å². The van der Waals surface area contributed by atoms with Crippen molar-refractivity contribution in [1.82, 2.24) is 4.98 Å². The van der Waals surface area contributed by atoms with Gasteiger partial charge in [0.1, 0.15) is 0 Å². The normalized spacial score (nSPS) is 10.3. The second-order valence-corrected chi connectivity index (χ2v) is 5.20. The fourth-order valence-corrected chi connectivity index (χ4v) is 2.28. The third-order valence-corrected chi connectivity index (χ3v) is 3.54. The number of esters is 1. The summed E-state index contributed by atoms with van der Waals surface area (Å²) >= 11 is 0. The fourth-order valence-electron chi connectivity index (χ4n) is 2.28. The molecule has 3 rings (SSSR count). The lowest BCUT2D eigenvalue weighted by Crippen LogP contribution is -2.04. The van der Waals surface area contributed by atoms with Gasteiger partial charge in [0.2, 0.25) is 5.89 Å². The van der Waals surface area contributed by atoms with Crippen molar-refractivity contribution in [3.63, 3.8) is 0 Å². The minimum absolute atomic E-state index is 0.00196. The minimum Gasteiger partial charge on any atom is -0.477 e. The molecule has 8 nitrogen and oxygen atoms in total. The summed E-state index contributed by atoms with van der Waals surface area (Å²) in [5.41, 5.74) is 0.580. The zero-order valence-corrected chi connectivity index (χ0v) is 13.7. The van der Waals surface area contributed by atoms with Crippen molar-refractivity contribution in [2.24, 2.45) is 0 Å². The number of nitro groups is 1. The molecule has 26 heavy (non-hydrogen) atoms. The second-order valence-electron chi connectivity index (χ2n) is 5.20. The average molecular weight is 354 g/mol. The molecule has 0 amide bonds. The van der Waals surface area contributed by atoms with E-state index in [0.29, 0.717) is 5.76 Å². The molecule has 0 aliphatic rings. The van der Waals surface area contributed by atoms with E-state index in [4.69, 9.17) is 9.15 Å². The van der Waals surface area contributed by atoms with Crippen molar-refractivity contribution in [1.29, 1.82) is 0 Å². The van der Waals surface area contributed by atoms with E-state index >= 15 is 0 Å². The molecule has 0 saturated heterocycles. The van der Waals surface area contributed by atoms with Crippen molar-refractivity contribution in [2.45, 2.75) is 6.61 Å². The van der Waals surface area contributed by atoms with Crippen LogP contribution in [0.5, 0.6) is 5.75 Å². The Bertz CT molecular complexity index is 936. The molecule has 0 saturated carbocycles. The van der Waals surface area contributed by atoms with E-state index in [-0.39, 0.29) is 29.5 Å². The van der Waals surface area contributed by atoms with Crippen LogP contribution >= 0.6 is 0 Å². The van der Waals surface area contributed by atoms with Gasteiger partial charge < -0.3 is 13.9 Å². The molecule has 132 valence electrons. The molecule has 0 aliphatic heterocycles. The lowest BCUT2D eigenvalue weighted by atomic mass is 10.2. The van der Waals surface area contributed by atoms with Gasteiger partial charge in [-0.1, -0.05) is 30.3 Å². The Labute approximate surface area is 148 Å². The summed E-state index contributed by atoms with van der Waals surface area (Å²) in [6.45, 7) is -0.0920. The van der Waals surface area contributed by atoms with Crippen LogP contribution < -0.4 is 4.74 Å². The molecule has 1 heterocycles. The van der Waals surface area contributed by atoms with Gasteiger partial charge in [-0.15, -0.1) is 0 Å². The summed E-state index contributed by atoms with van der Waals surface area (Å²) in [6.07, 6.45) is 1.56. The van der Waals surface area contributed by atoms with Crippen molar-refractivity contribution >= 4 is 11.7 Å². The number of hydrogen-bond donors (Lipinski definition) is 0. The number of ether oxygens (including phenoxy) is 2. The number of benzene rings is 2. The third-order valence-electron chi connectivity index (χ3n) is 3.54. The molecule has 8 heteroatoms. The summed E-state index contributed by atoms with van der Waals surface area (Å²) in [5.74, 6) is 0.178. The van der Waals surface area contributed by atoms with E-state index < -0.39 is 10.9 Å². The first-order valence-electron chi connectivity index (χ1n) is 7.58.